The normalized spacial score (nSPS) is 11.5. The van der Waals surface area contributed by atoms with Crippen molar-refractivity contribution in [2.75, 3.05) is 0 Å². The summed E-state index contributed by atoms with van der Waals surface area (Å²) < 4.78 is 4.51. The maximum Gasteiger partial charge on any atom is 0.145 e. The van der Waals surface area contributed by atoms with Crippen LogP contribution in [0.4, 0.5) is 0 Å². The largest absolute Gasteiger partial charge is 0.292 e. The van der Waals surface area contributed by atoms with Crippen LogP contribution in [0.3, 0.4) is 0 Å². The third-order valence-corrected chi connectivity index (χ3v) is 13.0. The number of aromatic nitrogens is 6. The van der Waals surface area contributed by atoms with Crippen LogP contribution in [0.5, 0.6) is 0 Å². The zero-order valence-electron chi connectivity index (χ0n) is 36.8. The fourth-order valence-corrected chi connectivity index (χ4v) is 9.92. The Morgan fingerprint density at radius 1 is 0.279 bits per heavy atom. The van der Waals surface area contributed by atoms with Crippen molar-refractivity contribution in [2.24, 2.45) is 0 Å². The molecule has 68 heavy (non-hydrogen) atoms. The van der Waals surface area contributed by atoms with Crippen molar-refractivity contribution in [3.63, 3.8) is 0 Å². The van der Waals surface area contributed by atoms with Crippen molar-refractivity contribution in [1.29, 1.82) is 0 Å². The molecule has 318 valence electrons. The summed E-state index contributed by atoms with van der Waals surface area (Å²) in [5.74, 6) is 1.81. The molecule has 13 rings (SSSR count). The van der Waals surface area contributed by atoms with Crippen LogP contribution in [-0.4, -0.2) is 29.1 Å². The van der Waals surface area contributed by atoms with Crippen molar-refractivity contribution in [3.8, 4) is 78.9 Å². The molecular weight excluding hydrogens is 829 g/mol. The quantitative estimate of drug-likeness (QED) is 0.143. The molecule has 0 spiro atoms. The van der Waals surface area contributed by atoms with E-state index in [1.54, 1.807) is 0 Å². The lowest BCUT2D eigenvalue weighted by atomic mass is 9.86. The Balaban J connectivity index is 1.01. The Morgan fingerprint density at radius 3 is 1.04 bits per heavy atom. The molecule has 13 aromatic rings. The third-order valence-electron chi connectivity index (χ3n) is 13.0. The first-order valence-electron chi connectivity index (χ1n) is 22.9. The molecule has 4 heterocycles. The minimum atomic E-state index is 0.907. The van der Waals surface area contributed by atoms with E-state index in [-0.39, 0.29) is 0 Å². The van der Waals surface area contributed by atoms with Crippen molar-refractivity contribution in [2.45, 2.75) is 0 Å². The second-order valence-electron chi connectivity index (χ2n) is 17.1. The number of pyridine rings is 2. The summed E-state index contributed by atoms with van der Waals surface area (Å²) in [5, 5.41) is 4.40. The molecule has 0 aliphatic heterocycles. The molecule has 0 radical (unpaired) electrons. The van der Waals surface area contributed by atoms with E-state index in [1.807, 2.05) is 48.8 Å². The number of hydrogen-bond donors (Lipinski definition) is 0. The van der Waals surface area contributed by atoms with E-state index < -0.39 is 0 Å². The van der Waals surface area contributed by atoms with Crippen LogP contribution in [0.2, 0.25) is 0 Å². The topological polar surface area (TPSA) is 61.4 Å². The number of para-hydroxylation sites is 2. The van der Waals surface area contributed by atoms with Gasteiger partial charge in [0.25, 0.3) is 0 Å². The first-order valence-corrected chi connectivity index (χ1v) is 22.9. The van der Waals surface area contributed by atoms with Gasteiger partial charge in [-0.2, -0.15) is 0 Å². The average Bonchev–Trinajstić information content (AvgIpc) is 4.00. The number of fused-ring (bicyclic) bond motifs is 4. The van der Waals surface area contributed by atoms with E-state index in [0.717, 1.165) is 123 Å². The summed E-state index contributed by atoms with van der Waals surface area (Å²) in [4.78, 5) is 20.6. The fourth-order valence-electron chi connectivity index (χ4n) is 9.92. The Morgan fingerprint density at radius 2 is 0.647 bits per heavy atom. The summed E-state index contributed by atoms with van der Waals surface area (Å²) in [7, 11) is 0. The van der Waals surface area contributed by atoms with Gasteiger partial charge in [0.2, 0.25) is 0 Å². The molecule has 4 aromatic heterocycles. The van der Waals surface area contributed by atoms with Crippen LogP contribution < -0.4 is 0 Å². The third kappa shape index (κ3) is 6.66. The first-order chi connectivity index (χ1) is 33.7. The van der Waals surface area contributed by atoms with Gasteiger partial charge in [-0.15, -0.1) is 0 Å². The molecular formula is C62H40N6. The molecule has 0 aliphatic rings. The second-order valence-corrected chi connectivity index (χ2v) is 17.1. The summed E-state index contributed by atoms with van der Waals surface area (Å²) in [6.45, 7) is 0. The smallest absolute Gasteiger partial charge is 0.145 e. The van der Waals surface area contributed by atoms with E-state index in [0.29, 0.717) is 0 Å². The SMILES string of the molecule is c1ccc(-c2nc3cc(-c4ccc5c(-c6ccccn6)c6cc(-c7ccc8c(c7)nc(-c7ccccc7)n8-c7ccccc7)ccc6c(-c6ccccn6)c5c4)ccc3n2-c2ccccc2)cc1. The van der Waals surface area contributed by atoms with Crippen molar-refractivity contribution < 1.29 is 0 Å². The number of hydrogen-bond acceptors (Lipinski definition) is 4. The Hall–Kier alpha value is -9.26. The van der Waals surface area contributed by atoms with Crippen molar-refractivity contribution >= 4 is 43.6 Å². The Bertz CT molecular complexity index is 3720. The van der Waals surface area contributed by atoms with Crippen LogP contribution in [0.25, 0.3) is 123 Å². The summed E-state index contributed by atoms with van der Waals surface area (Å²) in [6.07, 6.45) is 3.76. The van der Waals surface area contributed by atoms with Gasteiger partial charge in [0, 0.05) is 46.0 Å². The lowest BCUT2D eigenvalue weighted by Crippen LogP contribution is -1.97. The molecule has 6 nitrogen and oxygen atoms in total. The predicted molar refractivity (Wildman–Crippen MR) is 279 cm³/mol. The molecule has 9 aromatic carbocycles. The molecule has 0 bridgehead atoms. The highest BCUT2D eigenvalue weighted by atomic mass is 15.1. The van der Waals surface area contributed by atoms with Gasteiger partial charge in [0.1, 0.15) is 11.6 Å². The minimum Gasteiger partial charge on any atom is -0.292 e. The van der Waals surface area contributed by atoms with Crippen LogP contribution in [0.15, 0.2) is 243 Å². The van der Waals surface area contributed by atoms with Gasteiger partial charge >= 0.3 is 0 Å². The molecule has 0 atom stereocenters. The van der Waals surface area contributed by atoms with Gasteiger partial charge in [0.05, 0.1) is 33.5 Å². The summed E-state index contributed by atoms with van der Waals surface area (Å²) in [6, 6.07) is 81.1. The Labute approximate surface area is 392 Å². The zero-order valence-corrected chi connectivity index (χ0v) is 36.8. The molecule has 0 aliphatic carbocycles. The standard InChI is InChI=1S/C62H40N6/c1-5-17-41(18-6-1)61-65-55-39-45(29-33-57(55)67(61)47-21-9-3-10-22-47)43-27-31-49-51(37-43)59(53-25-13-15-35-63-53)50-32-28-44(38-52(50)60(49)54-26-14-16-36-64-54)46-30-34-58-56(40-46)66-62(42-19-7-2-8-20-42)68(58)48-23-11-4-12-24-48/h1-40H. The van der Waals surface area contributed by atoms with Gasteiger partial charge in [-0.25, -0.2) is 9.97 Å². The van der Waals surface area contributed by atoms with Gasteiger partial charge < -0.3 is 0 Å². The molecule has 0 amide bonds. The maximum absolute atomic E-state index is 5.29. The fraction of sp³-hybridized carbons (Fsp3) is 0. The molecule has 0 N–H and O–H groups in total. The van der Waals surface area contributed by atoms with E-state index in [1.165, 1.54) is 0 Å². The predicted octanol–water partition coefficient (Wildman–Crippen LogP) is 15.5. The molecule has 0 unspecified atom stereocenters. The number of rotatable bonds is 8. The zero-order chi connectivity index (χ0) is 45.0. The molecule has 0 saturated carbocycles. The molecule has 0 saturated heterocycles. The van der Waals surface area contributed by atoms with Crippen molar-refractivity contribution in [1.82, 2.24) is 29.1 Å². The Kier molecular flexibility index (Phi) is 9.39. The van der Waals surface area contributed by atoms with E-state index in [4.69, 9.17) is 19.9 Å². The number of benzene rings is 9. The van der Waals surface area contributed by atoms with Gasteiger partial charge in [-0.05, 0) is 129 Å². The monoisotopic (exact) mass is 868 g/mol. The van der Waals surface area contributed by atoms with Gasteiger partial charge in [-0.1, -0.05) is 146 Å². The first kappa shape index (κ1) is 39.1. The summed E-state index contributed by atoms with van der Waals surface area (Å²) >= 11 is 0. The van der Waals surface area contributed by atoms with Crippen LogP contribution in [0, 0.1) is 0 Å². The van der Waals surface area contributed by atoms with Crippen LogP contribution in [-0.2, 0) is 0 Å². The van der Waals surface area contributed by atoms with E-state index in [9.17, 15) is 0 Å². The summed E-state index contributed by atoms with van der Waals surface area (Å²) in [5.41, 5.74) is 16.5. The number of nitrogens with zero attached hydrogens (tertiary/aromatic N) is 6. The van der Waals surface area contributed by atoms with Crippen LogP contribution in [0.1, 0.15) is 0 Å². The molecule has 0 fully saturated rings. The number of imidazole rings is 2. The van der Waals surface area contributed by atoms with Gasteiger partial charge in [-0.3, -0.25) is 19.1 Å². The van der Waals surface area contributed by atoms with E-state index in [2.05, 4.69) is 203 Å². The van der Waals surface area contributed by atoms with Crippen molar-refractivity contribution in [3.05, 3.63) is 243 Å². The highest BCUT2D eigenvalue weighted by Gasteiger charge is 2.22. The van der Waals surface area contributed by atoms with Crippen LogP contribution >= 0.6 is 0 Å². The lowest BCUT2D eigenvalue weighted by Gasteiger charge is -2.19. The minimum absolute atomic E-state index is 0.907. The highest BCUT2D eigenvalue weighted by Crippen LogP contribution is 2.46. The van der Waals surface area contributed by atoms with Gasteiger partial charge in [0.15, 0.2) is 0 Å². The maximum atomic E-state index is 5.29. The second kappa shape index (κ2) is 16.3. The van der Waals surface area contributed by atoms with E-state index >= 15 is 0 Å². The highest BCUT2D eigenvalue weighted by molar-refractivity contribution is 6.22. The molecule has 6 heteroatoms. The lowest BCUT2D eigenvalue weighted by molar-refractivity contribution is 1.10. The average molecular weight is 869 g/mol.